The van der Waals surface area contributed by atoms with E-state index in [1.54, 1.807) is 0 Å². The zero-order chi connectivity index (χ0) is 11.7. The van der Waals surface area contributed by atoms with E-state index < -0.39 is 0 Å². The Morgan fingerprint density at radius 2 is 2.12 bits per heavy atom. The van der Waals surface area contributed by atoms with Crippen molar-refractivity contribution in [2.75, 3.05) is 7.05 Å². The number of likely N-dealkylation sites (N-methyl/N-ethyl adjacent to an activating group) is 1. The van der Waals surface area contributed by atoms with Crippen molar-refractivity contribution in [3.8, 4) is 0 Å². The van der Waals surface area contributed by atoms with E-state index in [1.807, 2.05) is 7.05 Å². The van der Waals surface area contributed by atoms with Crippen molar-refractivity contribution in [2.24, 2.45) is 7.05 Å². The van der Waals surface area contributed by atoms with Gasteiger partial charge in [0.05, 0.1) is 0 Å². The molecule has 2 aromatic rings. The van der Waals surface area contributed by atoms with Crippen molar-refractivity contribution in [3.63, 3.8) is 0 Å². The van der Waals surface area contributed by atoms with Crippen LogP contribution in [-0.4, -0.2) is 17.7 Å². The highest BCUT2D eigenvalue weighted by molar-refractivity contribution is 5.84. The highest BCUT2D eigenvalue weighted by atomic mass is 14.9. The SMILES string of the molecule is CNC(C)Cc1ccc2c(C)cn(C)c2c1. The summed E-state index contributed by atoms with van der Waals surface area (Å²) in [7, 11) is 4.12. The molecule has 1 atom stereocenters. The Balaban J connectivity index is 2.40. The molecule has 1 heterocycles. The molecule has 2 nitrogen and oxygen atoms in total. The molecular weight excluding hydrogens is 196 g/mol. The van der Waals surface area contributed by atoms with E-state index in [-0.39, 0.29) is 0 Å². The van der Waals surface area contributed by atoms with Crippen LogP contribution in [-0.2, 0) is 13.5 Å². The topological polar surface area (TPSA) is 17.0 Å². The maximum Gasteiger partial charge on any atom is 0.0483 e. The van der Waals surface area contributed by atoms with Crippen LogP contribution in [0.4, 0.5) is 0 Å². The fourth-order valence-electron chi connectivity index (χ4n) is 2.21. The van der Waals surface area contributed by atoms with Gasteiger partial charge in [0.2, 0.25) is 0 Å². The van der Waals surface area contributed by atoms with Crippen molar-refractivity contribution < 1.29 is 0 Å². The van der Waals surface area contributed by atoms with E-state index in [2.05, 4.69) is 55.2 Å². The number of benzene rings is 1. The lowest BCUT2D eigenvalue weighted by atomic mass is 10.0. The zero-order valence-electron chi connectivity index (χ0n) is 10.5. The third-order valence-corrected chi connectivity index (χ3v) is 3.29. The molecule has 0 bridgehead atoms. The first-order valence-electron chi connectivity index (χ1n) is 5.83. The van der Waals surface area contributed by atoms with Crippen LogP contribution in [0.2, 0.25) is 0 Å². The standard InChI is InChI=1S/C14H20N2/c1-10-9-16(4)14-8-12(5-6-13(10)14)7-11(2)15-3/h5-6,8-9,11,15H,7H2,1-4H3. The summed E-state index contributed by atoms with van der Waals surface area (Å²) in [5, 5.41) is 4.64. The van der Waals surface area contributed by atoms with Gasteiger partial charge in [-0.3, -0.25) is 0 Å². The summed E-state index contributed by atoms with van der Waals surface area (Å²) in [6.45, 7) is 4.37. The average Bonchev–Trinajstić information content (AvgIpc) is 2.54. The van der Waals surface area contributed by atoms with Crippen LogP contribution in [0.25, 0.3) is 10.9 Å². The van der Waals surface area contributed by atoms with E-state index in [4.69, 9.17) is 0 Å². The third kappa shape index (κ3) is 1.98. The quantitative estimate of drug-likeness (QED) is 0.834. The van der Waals surface area contributed by atoms with Gasteiger partial charge in [-0.1, -0.05) is 12.1 Å². The molecule has 0 aliphatic heterocycles. The first-order valence-corrected chi connectivity index (χ1v) is 5.83. The fourth-order valence-corrected chi connectivity index (χ4v) is 2.21. The predicted octanol–water partition coefficient (Wildman–Crippen LogP) is 2.64. The van der Waals surface area contributed by atoms with Crippen molar-refractivity contribution in [3.05, 3.63) is 35.5 Å². The summed E-state index contributed by atoms with van der Waals surface area (Å²) in [6, 6.07) is 7.31. The monoisotopic (exact) mass is 216 g/mol. The molecule has 86 valence electrons. The number of aromatic nitrogens is 1. The Bertz CT molecular complexity index is 497. The van der Waals surface area contributed by atoms with Crippen LogP contribution in [0.15, 0.2) is 24.4 Å². The van der Waals surface area contributed by atoms with Crippen LogP contribution in [0.3, 0.4) is 0 Å². The number of hydrogen-bond donors (Lipinski definition) is 1. The molecule has 0 spiro atoms. The van der Waals surface area contributed by atoms with Gasteiger partial charge < -0.3 is 9.88 Å². The van der Waals surface area contributed by atoms with Gasteiger partial charge in [0, 0.05) is 30.2 Å². The van der Waals surface area contributed by atoms with E-state index in [1.165, 1.54) is 22.0 Å². The number of nitrogens with zero attached hydrogens (tertiary/aromatic N) is 1. The van der Waals surface area contributed by atoms with Gasteiger partial charge in [0.1, 0.15) is 0 Å². The van der Waals surface area contributed by atoms with Crippen LogP contribution < -0.4 is 5.32 Å². The molecule has 0 saturated carbocycles. The van der Waals surface area contributed by atoms with Crippen molar-refractivity contribution in [1.82, 2.24) is 9.88 Å². The van der Waals surface area contributed by atoms with Gasteiger partial charge in [0.25, 0.3) is 0 Å². The maximum absolute atomic E-state index is 3.27. The van der Waals surface area contributed by atoms with Gasteiger partial charge >= 0.3 is 0 Å². The Morgan fingerprint density at radius 3 is 2.81 bits per heavy atom. The Kier molecular flexibility index (Phi) is 3.01. The Morgan fingerprint density at radius 1 is 1.38 bits per heavy atom. The summed E-state index contributed by atoms with van der Waals surface area (Å²) >= 11 is 0. The molecule has 1 aromatic heterocycles. The second-order valence-electron chi connectivity index (χ2n) is 4.67. The summed E-state index contributed by atoms with van der Waals surface area (Å²) in [4.78, 5) is 0. The number of hydrogen-bond acceptors (Lipinski definition) is 1. The smallest absolute Gasteiger partial charge is 0.0483 e. The van der Waals surface area contributed by atoms with Crippen molar-refractivity contribution >= 4 is 10.9 Å². The van der Waals surface area contributed by atoms with Gasteiger partial charge in [-0.05, 0) is 44.5 Å². The van der Waals surface area contributed by atoms with Gasteiger partial charge in [0.15, 0.2) is 0 Å². The fraction of sp³-hybridized carbons (Fsp3) is 0.429. The highest BCUT2D eigenvalue weighted by Gasteiger charge is 2.05. The summed E-state index contributed by atoms with van der Waals surface area (Å²) in [5.74, 6) is 0. The van der Waals surface area contributed by atoms with Crippen molar-refractivity contribution in [2.45, 2.75) is 26.3 Å². The second kappa shape index (κ2) is 4.30. The lowest BCUT2D eigenvalue weighted by Crippen LogP contribution is -2.23. The van der Waals surface area contributed by atoms with Crippen LogP contribution >= 0.6 is 0 Å². The van der Waals surface area contributed by atoms with Crippen LogP contribution in [0.1, 0.15) is 18.1 Å². The molecule has 0 aliphatic rings. The molecule has 2 rings (SSSR count). The number of fused-ring (bicyclic) bond motifs is 1. The van der Waals surface area contributed by atoms with E-state index in [0.29, 0.717) is 6.04 Å². The second-order valence-corrected chi connectivity index (χ2v) is 4.67. The molecule has 1 unspecified atom stereocenters. The van der Waals surface area contributed by atoms with E-state index in [9.17, 15) is 0 Å². The first kappa shape index (κ1) is 11.2. The highest BCUT2D eigenvalue weighted by Crippen LogP contribution is 2.21. The molecule has 1 N–H and O–H groups in total. The summed E-state index contributed by atoms with van der Waals surface area (Å²) < 4.78 is 2.21. The molecule has 0 fully saturated rings. The molecule has 2 heteroatoms. The maximum atomic E-state index is 3.27. The Hall–Kier alpha value is -1.28. The molecular formula is C14H20N2. The van der Waals surface area contributed by atoms with Crippen LogP contribution in [0.5, 0.6) is 0 Å². The zero-order valence-corrected chi connectivity index (χ0v) is 10.5. The lowest BCUT2D eigenvalue weighted by molar-refractivity contribution is 0.609. The first-order chi connectivity index (χ1) is 7.61. The minimum Gasteiger partial charge on any atom is -0.350 e. The van der Waals surface area contributed by atoms with Crippen molar-refractivity contribution in [1.29, 1.82) is 0 Å². The lowest BCUT2D eigenvalue weighted by Gasteiger charge is -2.10. The van der Waals surface area contributed by atoms with Crippen LogP contribution in [0, 0.1) is 6.92 Å². The Labute approximate surface area is 97.3 Å². The summed E-state index contributed by atoms with van der Waals surface area (Å²) in [5.41, 5.74) is 4.08. The average molecular weight is 216 g/mol. The number of nitrogens with one attached hydrogen (secondary N) is 1. The molecule has 0 aliphatic carbocycles. The predicted molar refractivity (Wildman–Crippen MR) is 69.9 cm³/mol. The van der Waals surface area contributed by atoms with E-state index >= 15 is 0 Å². The van der Waals surface area contributed by atoms with Gasteiger partial charge in [-0.15, -0.1) is 0 Å². The van der Waals surface area contributed by atoms with E-state index in [0.717, 1.165) is 6.42 Å². The minimum atomic E-state index is 0.527. The number of aryl methyl sites for hydroxylation is 2. The van der Waals surface area contributed by atoms with Gasteiger partial charge in [-0.25, -0.2) is 0 Å². The molecule has 16 heavy (non-hydrogen) atoms. The third-order valence-electron chi connectivity index (χ3n) is 3.29. The molecule has 0 radical (unpaired) electrons. The number of rotatable bonds is 3. The summed E-state index contributed by atoms with van der Waals surface area (Å²) in [6.07, 6.45) is 3.27. The normalized spacial score (nSPS) is 13.2. The van der Waals surface area contributed by atoms with Gasteiger partial charge in [-0.2, -0.15) is 0 Å². The minimum absolute atomic E-state index is 0.527. The molecule has 0 amide bonds. The molecule has 0 saturated heterocycles. The largest absolute Gasteiger partial charge is 0.350 e. The molecule has 1 aromatic carbocycles.